The van der Waals surface area contributed by atoms with Crippen LogP contribution in [0.4, 0.5) is 5.69 Å². The molecule has 0 unspecified atom stereocenters. The average molecular weight is 310 g/mol. The van der Waals surface area contributed by atoms with Crippen LogP contribution in [0.5, 0.6) is 0 Å². The number of aryl methyl sites for hydroxylation is 2. The van der Waals surface area contributed by atoms with Gasteiger partial charge in [-0.1, -0.05) is 0 Å². The van der Waals surface area contributed by atoms with Gasteiger partial charge in [0.1, 0.15) is 9.71 Å². The summed E-state index contributed by atoms with van der Waals surface area (Å²) in [7, 11) is 0. The van der Waals surface area contributed by atoms with Gasteiger partial charge in [-0.05, 0) is 26.3 Å². The van der Waals surface area contributed by atoms with Gasteiger partial charge in [-0.25, -0.2) is 0 Å². The molecule has 0 radical (unpaired) electrons. The molecule has 114 valence electrons. The standard InChI is InChI=1S/C13H18N4O3S/c1-6-7(2)16-17-12-8(6)9(14)10(21-12)11(20)15-13(3,4-18)5-19/h18-19H,4-5,14H2,1-3H3,(H,15,20). The summed E-state index contributed by atoms with van der Waals surface area (Å²) in [4.78, 5) is 13.2. The minimum atomic E-state index is -1.10. The van der Waals surface area contributed by atoms with Crippen LogP contribution < -0.4 is 11.1 Å². The van der Waals surface area contributed by atoms with Crippen molar-refractivity contribution in [1.29, 1.82) is 0 Å². The fourth-order valence-electron chi connectivity index (χ4n) is 1.87. The maximum atomic E-state index is 12.3. The summed E-state index contributed by atoms with van der Waals surface area (Å²) in [6.07, 6.45) is 0. The van der Waals surface area contributed by atoms with E-state index in [2.05, 4.69) is 15.5 Å². The van der Waals surface area contributed by atoms with Gasteiger partial charge in [-0.3, -0.25) is 4.79 Å². The van der Waals surface area contributed by atoms with Crippen LogP contribution in [0.1, 0.15) is 27.9 Å². The number of nitrogens with one attached hydrogen (secondary N) is 1. The molecule has 0 atom stereocenters. The van der Waals surface area contributed by atoms with E-state index < -0.39 is 11.4 Å². The number of aliphatic hydroxyl groups is 2. The van der Waals surface area contributed by atoms with Crippen LogP contribution in [-0.2, 0) is 0 Å². The number of nitrogens with two attached hydrogens (primary N) is 1. The van der Waals surface area contributed by atoms with Gasteiger partial charge in [-0.15, -0.1) is 16.4 Å². The lowest BCUT2D eigenvalue weighted by Gasteiger charge is -2.25. The molecule has 0 fully saturated rings. The number of nitrogen functional groups attached to an aromatic ring is 1. The number of carbonyl (C=O) groups is 1. The smallest absolute Gasteiger partial charge is 0.264 e. The number of carbonyl (C=O) groups excluding carboxylic acids is 1. The van der Waals surface area contributed by atoms with Crippen LogP contribution >= 0.6 is 11.3 Å². The van der Waals surface area contributed by atoms with Crippen molar-refractivity contribution in [3.05, 3.63) is 16.1 Å². The number of aromatic nitrogens is 2. The topological polar surface area (TPSA) is 121 Å². The molecule has 2 aromatic rings. The summed E-state index contributed by atoms with van der Waals surface area (Å²) in [6, 6.07) is 0. The van der Waals surface area contributed by atoms with Crippen molar-refractivity contribution in [3.8, 4) is 0 Å². The normalized spacial score (nSPS) is 11.9. The zero-order chi connectivity index (χ0) is 15.8. The van der Waals surface area contributed by atoms with Gasteiger partial charge >= 0.3 is 0 Å². The lowest BCUT2D eigenvalue weighted by atomic mass is 10.1. The van der Waals surface area contributed by atoms with E-state index in [0.717, 1.165) is 28.0 Å². The largest absolute Gasteiger partial charge is 0.397 e. The Bertz CT molecular complexity index is 694. The highest BCUT2D eigenvalue weighted by molar-refractivity contribution is 7.21. The number of amides is 1. The first-order valence-electron chi connectivity index (χ1n) is 6.39. The first-order valence-corrected chi connectivity index (χ1v) is 7.20. The molecular weight excluding hydrogens is 292 g/mol. The average Bonchev–Trinajstić information content (AvgIpc) is 2.80. The summed E-state index contributed by atoms with van der Waals surface area (Å²) in [5.74, 6) is -0.446. The second-order valence-corrected chi connectivity index (χ2v) is 6.27. The highest BCUT2D eigenvalue weighted by Crippen LogP contribution is 2.34. The Labute approximate surface area is 125 Å². The molecule has 8 heteroatoms. The minimum Gasteiger partial charge on any atom is -0.397 e. The highest BCUT2D eigenvalue weighted by atomic mass is 32.1. The molecule has 2 heterocycles. The molecule has 0 aliphatic carbocycles. The van der Waals surface area contributed by atoms with Gasteiger partial charge in [0.15, 0.2) is 0 Å². The van der Waals surface area contributed by atoms with E-state index in [-0.39, 0.29) is 13.2 Å². The lowest BCUT2D eigenvalue weighted by Crippen LogP contribution is -2.51. The van der Waals surface area contributed by atoms with Crippen LogP contribution in [-0.4, -0.2) is 45.1 Å². The molecule has 21 heavy (non-hydrogen) atoms. The van der Waals surface area contributed by atoms with Crippen LogP contribution in [0.2, 0.25) is 0 Å². The van der Waals surface area contributed by atoms with E-state index in [1.165, 1.54) is 0 Å². The summed E-state index contributed by atoms with van der Waals surface area (Å²) >= 11 is 1.14. The Morgan fingerprint density at radius 2 is 1.95 bits per heavy atom. The number of hydrogen-bond donors (Lipinski definition) is 4. The molecule has 0 aliphatic rings. The first-order chi connectivity index (χ1) is 9.83. The molecule has 0 saturated carbocycles. The van der Waals surface area contributed by atoms with E-state index in [0.29, 0.717) is 15.4 Å². The number of aliphatic hydroxyl groups excluding tert-OH is 2. The van der Waals surface area contributed by atoms with Gasteiger partial charge in [0.25, 0.3) is 5.91 Å². The number of anilines is 1. The minimum absolute atomic E-state index is 0.307. The monoisotopic (exact) mass is 310 g/mol. The molecule has 7 nitrogen and oxygen atoms in total. The van der Waals surface area contributed by atoms with Gasteiger partial charge in [0.05, 0.1) is 30.1 Å². The molecule has 0 bridgehead atoms. The van der Waals surface area contributed by atoms with Crippen LogP contribution in [0.25, 0.3) is 10.2 Å². The fourth-order valence-corrected chi connectivity index (χ4v) is 2.86. The van der Waals surface area contributed by atoms with Crippen LogP contribution in [0.3, 0.4) is 0 Å². The second kappa shape index (κ2) is 5.55. The number of nitrogens with zero attached hydrogens (tertiary/aromatic N) is 2. The first kappa shape index (κ1) is 15.6. The van der Waals surface area contributed by atoms with E-state index in [9.17, 15) is 15.0 Å². The summed E-state index contributed by atoms with van der Waals surface area (Å²) in [5.41, 5.74) is 6.96. The Balaban J connectivity index is 2.46. The molecule has 0 spiro atoms. The quantitative estimate of drug-likeness (QED) is 0.647. The molecule has 5 N–H and O–H groups in total. The third-order valence-electron chi connectivity index (χ3n) is 3.45. The van der Waals surface area contributed by atoms with Gasteiger partial charge in [0, 0.05) is 5.39 Å². The predicted molar refractivity (Wildman–Crippen MR) is 81.3 cm³/mol. The molecule has 1 amide bonds. The van der Waals surface area contributed by atoms with Gasteiger partial charge < -0.3 is 21.3 Å². The van der Waals surface area contributed by atoms with E-state index >= 15 is 0 Å². The van der Waals surface area contributed by atoms with Crippen LogP contribution in [0.15, 0.2) is 0 Å². The number of thiophene rings is 1. The van der Waals surface area contributed by atoms with Crippen molar-refractivity contribution >= 4 is 33.1 Å². The van der Waals surface area contributed by atoms with Crippen molar-refractivity contribution in [2.45, 2.75) is 26.3 Å². The maximum absolute atomic E-state index is 12.3. The lowest BCUT2D eigenvalue weighted by molar-refractivity contribution is 0.0728. The zero-order valence-corrected chi connectivity index (χ0v) is 12.9. The van der Waals surface area contributed by atoms with Crippen molar-refractivity contribution < 1.29 is 15.0 Å². The zero-order valence-electron chi connectivity index (χ0n) is 12.1. The second-order valence-electron chi connectivity index (χ2n) is 5.27. The molecule has 0 aromatic carbocycles. The van der Waals surface area contributed by atoms with E-state index in [4.69, 9.17) is 5.73 Å². The molecule has 0 aliphatic heterocycles. The Kier molecular flexibility index (Phi) is 4.13. The molecule has 2 rings (SSSR count). The molecular formula is C13H18N4O3S. The third kappa shape index (κ3) is 2.69. The summed E-state index contributed by atoms with van der Waals surface area (Å²) in [6.45, 7) is 4.50. The van der Waals surface area contributed by atoms with E-state index in [1.807, 2.05) is 13.8 Å². The third-order valence-corrected chi connectivity index (χ3v) is 4.54. The fraction of sp³-hybridized carbons (Fsp3) is 0.462. The van der Waals surface area contributed by atoms with Gasteiger partial charge in [0.2, 0.25) is 0 Å². The summed E-state index contributed by atoms with van der Waals surface area (Å²) in [5, 5.41) is 29.9. The van der Waals surface area contributed by atoms with Crippen molar-refractivity contribution in [1.82, 2.24) is 15.5 Å². The number of rotatable bonds is 4. The SMILES string of the molecule is Cc1nnc2sc(C(=O)NC(C)(CO)CO)c(N)c2c1C. The van der Waals surface area contributed by atoms with Crippen LogP contribution in [0, 0.1) is 13.8 Å². The molecule has 0 saturated heterocycles. The Hall–Kier alpha value is -1.77. The van der Waals surface area contributed by atoms with Crippen molar-refractivity contribution in [3.63, 3.8) is 0 Å². The highest BCUT2D eigenvalue weighted by Gasteiger charge is 2.28. The summed E-state index contributed by atoms with van der Waals surface area (Å²) < 4.78 is 0. The number of fused-ring (bicyclic) bond motifs is 1. The van der Waals surface area contributed by atoms with Crippen molar-refractivity contribution in [2.75, 3.05) is 18.9 Å². The molecule has 2 aromatic heterocycles. The predicted octanol–water partition coefficient (Wildman–Crippen LogP) is 0.363. The maximum Gasteiger partial charge on any atom is 0.264 e. The van der Waals surface area contributed by atoms with Crippen molar-refractivity contribution in [2.24, 2.45) is 0 Å². The van der Waals surface area contributed by atoms with Gasteiger partial charge in [-0.2, -0.15) is 5.10 Å². The number of hydrogen-bond acceptors (Lipinski definition) is 7. The Morgan fingerprint density at radius 1 is 1.33 bits per heavy atom. The van der Waals surface area contributed by atoms with E-state index in [1.54, 1.807) is 6.92 Å². The Morgan fingerprint density at radius 3 is 2.52 bits per heavy atom.